The Hall–Kier alpha value is -3.35. The van der Waals surface area contributed by atoms with Gasteiger partial charge < -0.3 is 18.9 Å². The molecule has 3 aromatic rings. The van der Waals surface area contributed by atoms with Crippen molar-refractivity contribution in [3.8, 4) is 22.9 Å². The van der Waals surface area contributed by atoms with Gasteiger partial charge in [-0.2, -0.15) is 4.98 Å². The van der Waals surface area contributed by atoms with Gasteiger partial charge in [0.1, 0.15) is 11.5 Å². The fraction of sp³-hybridized carbons (Fsp3) is 0.348. The minimum absolute atomic E-state index is 0.142. The molecule has 0 saturated carbocycles. The summed E-state index contributed by atoms with van der Waals surface area (Å²) in [6.07, 6.45) is -0.0347. The zero-order valence-electron chi connectivity index (χ0n) is 18.0. The molecule has 0 radical (unpaired) electrons. The standard InChI is InChI=1S/C23H27N3O4/c1-6-20(29-19-11-10-15(2)16(3)12-19)23(27)26(4)14-21-24-22(25-30-21)17-8-7-9-18(13-17)28-5/h7-13,20H,6,14H2,1-5H3. The lowest BCUT2D eigenvalue weighted by atomic mass is 10.1. The van der Waals surface area contributed by atoms with Crippen LogP contribution in [0.5, 0.6) is 11.5 Å². The number of carbonyl (C=O) groups is 1. The first-order valence-corrected chi connectivity index (χ1v) is 9.87. The number of ether oxygens (including phenoxy) is 2. The number of likely N-dealkylation sites (N-methyl/N-ethyl adjacent to an activating group) is 1. The van der Waals surface area contributed by atoms with Crippen molar-refractivity contribution in [1.82, 2.24) is 15.0 Å². The minimum atomic E-state index is -0.585. The van der Waals surface area contributed by atoms with Gasteiger partial charge in [0, 0.05) is 12.6 Å². The molecular weight excluding hydrogens is 382 g/mol. The number of hydrogen-bond acceptors (Lipinski definition) is 6. The highest BCUT2D eigenvalue weighted by molar-refractivity contribution is 5.81. The summed E-state index contributed by atoms with van der Waals surface area (Å²) in [6.45, 7) is 6.18. The largest absolute Gasteiger partial charge is 0.497 e. The summed E-state index contributed by atoms with van der Waals surface area (Å²) in [7, 11) is 3.30. The summed E-state index contributed by atoms with van der Waals surface area (Å²) in [4.78, 5) is 18.8. The molecule has 1 amide bonds. The van der Waals surface area contributed by atoms with Crippen LogP contribution in [-0.4, -0.2) is 41.2 Å². The number of carbonyl (C=O) groups excluding carboxylic acids is 1. The maximum absolute atomic E-state index is 12.9. The molecule has 7 nitrogen and oxygen atoms in total. The SMILES string of the molecule is CCC(Oc1ccc(C)c(C)c1)C(=O)N(C)Cc1nc(-c2cccc(OC)c2)no1. The Kier molecular flexibility index (Phi) is 6.72. The quantitative estimate of drug-likeness (QED) is 0.555. The highest BCUT2D eigenvalue weighted by Crippen LogP contribution is 2.22. The molecule has 1 atom stereocenters. The van der Waals surface area contributed by atoms with Gasteiger partial charge in [0.15, 0.2) is 6.10 Å². The minimum Gasteiger partial charge on any atom is -0.497 e. The molecule has 0 aliphatic heterocycles. The predicted molar refractivity (Wildman–Crippen MR) is 113 cm³/mol. The van der Waals surface area contributed by atoms with Gasteiger partial charge in [-0.3, -0.25) is 4.79 Å². The van der Waals surface area contributed by atoms with Crippen LogP contribution in [0.2, 0.25) is 0 Å². The molecule has 0 aliphatic rings. The lowest BCUT2D eigenvalue weighted by molar-refractivity contribution is -0.138. The molecule has 2 aromatic carbocycles. The second-order valence-electron chi connectivity index (χ2n) is 7.20. The van der Waals surface area contributed by atoms with Crippen LogP contribution in [0, 0.1) is 13.8 Å². The third kappa shape index (κ3) is 4.97. The van der Waals surface area contributed by atoms with E-state index < -0.39 is 6.10 Å². The van der Waals surface area contributed by atoms with Gasteiger partial charge in [0.25, 0.3) is 5.91 Å². The third-order valence-electron chi connectivity index (χ3n) is 4.95. The van der Waals surface area contributed by atoms with E-state index in [-0.39, 0.29) is 12.5 Å². The van der Waals surface area contributed by atoms with E-state index in [1.807, 2.05) is 63.2 Å². The number of aromatic nitrogens is 2. The van der Waals surface area contributed by atoms with Crippen molar-refractivity contribution in [2.45, 2.75) is 39.8 Å². The Bertz CT molecular complexity index is 1020. The molecule has 0 fully saturated rings. The van der Waals surface area contributed by atoms with Crippen LogP contribution in [0.25, 0.3) is 11.4 Å². The Morgan fingerprint density at radius 3 is 2.63 bits per heavy atom. The zero-order valence-corrected chi connectivity index (χ0v) is 18.0. The highest BCUT2D eigenvalue weighted by Gasteiger charge is 2.24. The maximum Gasteiger partial charge on any atom is 0.263 e. The Balaban J connectivity index is 1.66. The van der Waals surface area contributed by atoms with Crippen LogP contribution >= 0.6 is 0 Å². The van der Waals surface area contributed by atoms with Crippen LogP contribution < -0.4 is 9.47 Å². The van der Waals surface area contributed by atoms with E-state index in [2.05, 4.69) is 10.1 Å². The summed E-state index contributed by atoms with van der Waals surface area (Å²) < 4.78 is 16.5. The van der Waals surface area contributed by atoms with Crippen LogP contribution in [0.15, 0.2) is 47.0 Å². The predicted octanol–water partition coefficient (Wildman–Crippen LogP) is 4.18. The second kappa shape index (κ2) is 9.43. The first-order valence-electron chi connectivity index (χ1n) is 9.87. The van der Waals surface area contributed by atoms with Crippen LogP contribution in [0.3, 0.4) is 0 Å². The molecule has 0 N–H and O–H groups in total. The van der Waals surface area contributed by atoms with Crippen molar-refractivity contribution in [3.63, 3.8) is 0 Å². The average Bonchev–Trinajstić information content (AvgIpc) is 3.22. The number of nitrogens with zero attached hydrogens (tertiary/aromatic N) is 3. The van der Waals surface area contributed by atoms with E-state index in [9.17, 15) is 4.79 Å². The summed E-state index contributed by atoms with van der Waals surface area (Å²) in [5, 5.41) is 4.01. The number of hydrogen-bond donors (Lipinski definition) is 0. The van der Waals surface area contributed by atoms with Crippen LogP contribution in [-0.2, 0) is 11.3 Å². The first kappa shape index (κ1) is 21.4. The molecule has 1 heterocycles. The van der Waals surface area contributed by atoms with Crippen LogP contribution in [0.4, 0.5) is 0 Å². The van der Waals surface area contributed by atoms with Crippen molar-refractivity contribution in [3.05, 3.63) is 59.5 Å². The molecule has 1 unspecified atom stereocenters. The maximum atomic E-state index is 12.9. The molecule has 1 aromatic heterocycles. The normalized spacial score (nSPS) is 11.8. The fourth-order valence-electron chi connectivity index (χ4n) is 2.98. The van der Waals surface area contributed by atoms with E-state index in [0.29, 0.717) is 29.6 Å². The first-order chi connectivity index (χ1) is 14.4. The molecule has 0 saturated heterocycles. The zero-order chi connectivity index (χ0) is 21.7. The molecule has 0 spiro atoms. The van der Waals surface area contributed by atoms with Gasteiger partial charge in [-0.25, -0.2) is 0 Å². The van der Waals surface area contributed by atoms with Crippen molar-refractivity contribution in [1.29, 1.82) is 0 Å². The van der Waals surface area contributed by atoms with Crippen LogP contribution in [0.1, 0.15) is 30.4 Å². The van der Waals surface area contributed by atoms with Gasteiger partial charge in [0.05, 0.1) is 13.7 Å². The summed E-state index contributed by atoms with van der Waals surface area (Å²) in [5.74, 6) is 2.05. The number of methoxy groups -OCH3 is 1. The fourth-order valence-corrected chi connectivity index (χ4v) is 2.98. The topological polar surface area (TPSA) is 77.7 Å². The van der Waals surface area contributed by atoms with E-state index in [1.165, 1.54) is 10.5 Å². The molecular formula is C23H27N3O4. The summed E-state index contributed by atoms with van der Waals surface area (Å²) >= 11 is 0. The Morgan fingerprint density at radius 2 is 1.93 bits per heavy atom. The van der Waals surface area contributed by atoms with E-state index in [0.717, 1.165) is 11.1 Å². The summed E-state index contributed by atoms with van der Waals surface area (Å²) in [5.41, 5.74) is 3.09. The molecule has 30 heavy (non-hydrogen) atoms. The van der Waals surface area contributed by atoms with Gasteiger partial charge in [-0.15, -0.1) is 0 Å². The number of amides is 1. The van der Waals surface area contributed by atoms with Crippen molar-refractivity contribution in [2.24, 2.45) is 0 Å². The smallest absolute Gasteiger partial charge is 0.263 e. The van der Waals surface area contributed by atoms with E-state index >= 15 is 0 Å². The van der Waals surface area contributed by atoms with E-state index in [1.54, 1.807) is 14.2 Å². The monoisotopic (exact) mass is 409 g/mol. The third-order valence-corrected chi connectivity index (χ3v) is 4.95. The van der Waals surface area contributed by atoms with Crippen molar-refractivity contribution >= 4 is 5.91 Å². The summed E-state index contributed by atoms with van der Waals surface area (Å²) in [6, 6.07) is 13.2. The molecule has 7 heteroatoms. The number of rotatable bonds is 8. The van der Waals surface area contributed by atoms with Gasteiger partial charge in [0.2, 0.25) is 11.7 Å². The lowest BCUT2D eigenvalue weighted by Crippen LogP contribution is -2.39. The van der Waals surface area contributed by atoms with Gasteiger partial charge in [-0.05, 0) is 55.7 Å². The second-order valence-corrected chi connectivity index (χ2v) is 7.20. The van der Waals surface area contributed by atoms with Gasteiger partial charge >= 0.3 is 0 Å². The molecule has 0 bridgehead atoms. The number of aryl methyl sites for hydroxylation is 2. The van der Waals surface area contributed by atoms with Crippen molar-refractivity contribution < 1.29 is 18.8 Å². The van der Waals surface area contributed by atoms with E-state index in [4.69, 9.17) is 14.0 Å². The average molecular weight is 409 g/mol. The van der Waals surface area contributed by atoms with Crippen molar-refractivity contribution in [2.75, 3.05) is 14.2 Å². The molecule has 0 aliphatic carbocycles. The molecule has 3 rings (SSSR count). The number of benzene rings is 2. The molecule has 158 valence electrons. The van der Waals surface area contributed by atoms with Gasteiger partial charge in [-0.1, -0.05) is 30.3 Å². The Labute approximate surface area is 176 Å². The Morgan fingerprint density at radius 1 is 1.13 bits per heavy atom. The highest BCUT2D eigenvalue weighted by atomic mass is 16.5. The lowest BCUT2D eigenvalue weighted by Gasteiger charge is -2.23.